The molecule has 0 spiro atoms. The molecular weight excluding hydrogens is 438 g/mol. The van der Waals surface area contributed by atoms with Crippen LogP contribution in [0.1, 0.15) is 40.2 Å². The van der Waals surface area contributed by atoms with Crippen molar-refractivity contribution in [3.63, 3.8) is 0 Å². The number of nitrogens with zero attached hydrogens (tertiary/aromatic N) is 2. The summed E-state index contributed by atoms with van der Waals surface area (Å²) < 4.78 is 13.5. The molecule has 4 aromatic rings. The third-order valence-electron chi connectivity index (χ3n) is 6.04. The highest BCUT2D eigenvalue weighted by atomic mass is 16.5. The number of aryl methyl sites for hydroxylation is 4. The number of carbonyl (C=O) groups excluding carboxylic acids is 1. The molecule has 1 heterocycles. The molecule has 3 aromatic carbocycles. The SMILES string of the molecule is COc1cccc(C(=O)NCCCc2nc3ccccc3n2CCCOc2ccc(C)cc2C)c1. The molecule has 0 atom stereocenters. The van der Waals surface area contributed by atoms with Crippen LogP contribution in [0, 0.1) is 13.8 Å². The van der Waals surface area contributed by atoms with E-state index in [9.17, 15) is 4.79 Å². The lowest BCUT2D eigenvalue weighted by Gasteiger charge is -2.12. The number of benzene rings is 3. The number of para-hydroxylation sites is 2. The predicted octanol–water partition coefficient (Wildman–Crippen LogP) is 5.49. The molecule has 0 aliphatic rings. The van der Waals surface area contributed by atoms with Gasteiger partial charge in [-0.25, -0.2) is 4.98 Å². The average Bonchev–Trinajstić information content (AvgIpc) is 3.22. The van der Waals surface area contributed by atoms with E-state index in [1.807, 2.05) is 36.4 Å². The fraction of sp³-hybridized carbons (Fsp3) is 0.310. The van der Waals surface area contributed by atoms with E-state index in [1.54, 1.807) is 19.2 Å². The molecule has 0 aliphatic carbocycles. The number of nitrogens with one attached hydrogen (secondary N) is 1. The first-order valence-corrected chi connectivity index (χ1v) is 12.1. The van der Waals surface area contributed by atoms with Crippen molar-refractivity contribution in [1.29, 1.82) is 0 Å². The van der Waals surface area contributed by atoms with E-state index in [4.69, 9.17) is 14.5 Å². The van der Waals surface area contributed by atoms with Gasteiger partial charge in [0.05, 0.1) is 24.8 Å². The van der Waals surface area contributed by atoms with Gasteiger partial charge in [-0.3, -0.25) is 4.79 Å². The normalized spacial score (nSPS) is 10.9. The topological polar surface area (TPSA) is 65.4 Å². The minimum atomic E-state index is -0.0963. The zero-order valence-electron chi connectivity index (χ0n) is 20.7. The van der Waals surface area contributed by atoms with E-state index in [2.05, 4.69) is 41.9 Å². The number of carbonyl (C=O) groups is 1. The third kappa shape index (κ3) is 6.21. The number of hydrogen-bond acceptors (Lipinski definition) is 4. The summed E-state index contributed by atoms with van der Waals surface area (Å²) in [5.74, 6) is 2.56. The Kier molecular flexibility index (Phi) is 8.03. The molecule has 6 heteroatoms. The Labute approximate surface area is 206 Å². The monoisotopic (exact) mass is 471 g/mol. The molecule has 0 radical (unpaired) electrons. The number of aromatic nitrogens is 2. The van der Waals surface area contributed by atoms with Crippen LogP contribution in [0.2, 0.25) is 0 Å². The quantitative estimate of drug-likeness (QED) is 0.294. The first-order chi connectivity index (χ1) is 17.0. The molecule has 0 fully saturated rings. The summed E-state index contributed by atoms with van der Waals surface area (Å²) in [7, 11) is 1.60. The fourth-order valence-electron chi connectivity index (χ4n) is 4.25. The Hall–Kier alpha value is -3.80. The largest absolute Gasteiger partial charge is 0.497 e. The first-order valence-electron chi connectivity index (χ1n) is 12.1. The van der Waals surface area contributed by atoms with Crippen molar-refractivity contribution in [2.75, 3.05) is 20.3 Å². The Morgan fingerprint density at radius 3 is 2.69 bits per heavy atom. The van der Waals surface area contributed by atoms with Crippen LogP contribution in [-0.2, 0) is 13.0 Å². The molecule has 1 amide bonds. The number of fused-ring (bicyclic) bond motifs is 1. The van der Waals surface area contributed by atoms with Crippen molar-refractivity contribution in [1.82, 2.24) is 14.9 Å². The van der Waals surface area contributed by atoms with Crippen molar-refractivity contribution in [3.8, 4) is 11.5 Å². The zero-order valence-corrected chi connectivity index (χ0v) is 20.7. The van der Waals surface area contributed by atoms with Crippen molar-refractivity contribution in [3.05, 3.63) is 89.2 Å². The molecule has 0 saturated heterocycles. The molecule has 1 aromatic heterocycles. The maximum absolute atomic E-state index is 12.5. The molecule has 0 unspecified atom stereocenters. The summed E-state index contributed by atoms with van der Waals surface area (Å²) in [6, 6.07) is 21.7. The third-order valence-corrected chi connectivity index (χ3v) is 6.04. The van der Waals surface area contributed by atoms with Crippen molar-refractivity contribution >= 4 is 16.9 Å². The van der Waals surface area contributed by atoms with Crippen LogP contribution in [0.4, 0.5) is 0 Å². The second kappa shape index (κ2) is 11.6. The fourth-order valence-corrected chi connectivity index (χ4v) is 4.25. The van der Waals surface area contributed by atoms with Gasteiger partial charge in [-0.1, -0.05) is 35.9 Å². The second-order valence-electron chi connectivity index (χ2n) is 8.73. The summed E-state index contributed by atoms with van der Waals surface area (Å²) in [4.78, 5) is 17.3. The van der Waals surface area contributed by atoms with Crippen molar-refractivity contribution in [2.24, 2.45) is 0 Å². The highest BCUT2D eigenvalue weighted by molar-refractivity contribution is 5.94. The summed E-state index contributed by atoms with van der Waals surface area (Å²) in [5, 5.41) is 3.00. The Morgan fingerprint density at radius 2 is 1.86 bits per heavy atom. The van der Waals surface area contributed by atoms with Gasteiger partial charge in [0.25, 0.3) is 5.91 Å². The lowest BCUT2D eigenvalue weighted by atomic mass is 10.1. The number of ether oxygens (including phenoxy) is 2. The van der Waals surface area contributed by atoms with Gasteiger partial charge in [0, 0.05) is 25.1 Å². The summed E-state index contributed by atoms with van der Waals surface area (Å²) in [6.45, 7) is 6.22. The van der Waals surface area contributed by atoms with Gasteiger partial charge in [-0.2, -0.15) is 0 Å². The molecule has 1 N–H and O–H groups in total. The van der Waals surface area contributed by atoms with E-state index in [-0.39, 0.29) is 5.91 Å². The van der Waals surface area contributed by atoms with Crippen LogP contribution in [-0.4, -0.2) is 35.7 Å². The molecule has 35 heavy (non-hydrogen) atoms. The maximum Gasteiger partial charge on any atom is 0.251 e. The Morgan fingerprint density at radius 1 is 1.00 bits per heavy atom. The molecular formula is C29H33N3O3. The van der Waals surface area contributed by atoms with Crippen LogP contribution < -0.4 is 14.8 Å². The van der Waals surface area contributed by atoms with Gasteiger partial charge in [0.1, 0.15) is 17.3 Å². The van der Waals surface area contributed by atoms with E-state index in [0.29, 0.717) is 24.5 Å². The summed E-state index contributed by atoms with van der Waals surface area (Å²) >= 11 is 0. The smallest absolute Gasteiger partial charge is 0.251 e. The van der Waals surface area contributed by atoms with Gasteiger partial charge >= 0.3 is 0 Å². The van der Waals surface area contributed by atoms with Crippen LogP contribution >= 0.6 is 0 Å². The number of imidazole rings is 1. The van der Waals surface area contributed by atoms with Crippen LogP contribution in [0.5, 0.6) is 11.5 Å². The number of methoxy groups -OCH3 is 1. The second-order valence-corrected chi connectivity index (χ2v) is 8.73. The van der Waals surface area contributed by atoms with E-state index < -0.39 is 0 Å². The Bertz CT molecular complexity index is 1300. The number of rotatable bonds is 11. The molecule has 4 rings (SSSR count). The van der Waals surface area contributed by atoms with E-state index >= 15 is 0 Å². The standard InChI is InChI=1S/C29H33N3O3/c1-21-14-15-27(22(2)19-21)35-18-8-17-32-26-12-5-4-11-25(26)31-28(32)13-7-16-30-29(33)23-9-6-10-24(20-23)34-3/h4-6,9-12,14-15,19-20H,7-8,13,16-18H2,1-3H3,(H,30,33). The van der Waals surface area contributed by atoms with Gasteiger partial charge < -0.3 is 19.4 Å². The highest BCUT2D eigenvalue weighted by Gasteiger charge is 2.11. The predicted molar refractivity (Wildman–Crippen MR) is 139 cm³/mol. The summed E-state index contributed by atoms with van der Waals surface area (Å²) in [5.41, 5.74) is 5.13. The van der Waals surface area contributed by atoms with Crippen molar-refractivity contribution in [2.45, 2.75) is 39.7 Å². The zero-order chi connectivity index (χ0) is 24.6. The summed E-state index contributed by atoms with van der Waals surface area (Å²) in [6.07, 6.45) is 2.47. The lowest BCUT2D eigenvalue weighted by Crippen LogP contribution is -2.25. The average molecular weight is 472 g/mol. The molecule has 6 nitrogen and oxygen atoms in total. The minimum Gasteiger partial charge on any atom is -0.497 e. The molecule has 0 aliphatic heterocycles. The van der Waals surface area contributed by atoms with Gasteiger partial charge in [-0.05, 0) is 68.7 Å². The van der Waals surface area contributed by atoms with Crippen LogP contribution in [0.25, 0.3) is 11.0 Å². The van der Waals surface area contributed by atoms with E-state index in [1.165, 1.54) is 5.56 Å². The first kappa shape index (κ1) is 24.3. The number of hydrogen-bond donors (Lipinski definition) is 1. The molecule has 0 saturated carbocycles. The lowest BCUT2D eigenvalue weighted by molar-refractivity contribution is 0.0952. The van der Waals surface area contributed by atoms with Crippen LogP contribution in [0.15, 0.2) is 66.7 Å². The maximum atomic E-state index is 12.5. The van der Waals surface area contributed by atoms with Gasteiger partial charge in [-0.15, -0.1) is 0 Å². The molecule has 0 bridgehead atoms. The van der Waals surface area contributed by atoms with E-state index in [0.717, 1.165) is 54.0 Å². The Balaban J connectivity index is 1.33. The minimum absolute atomic E-state index is 0.0963. The van der Waals surface area contributed by atoms with Crippen molar-refractivity contribution < 1.29 is 14.3 Å². The van der Waals surface area contributed by atoms with Crippen LogP contribution in [0.3, 0.4) is 0 Å². The van der Waals surface area contributed by atoms with Gasteiger partial charge in [0.2, 0.25) is 0 Å². The highest BCUT2D eigenvalue weighted by Crippen LogP contribution is 2.20. The molecule has 182 valence electrons. The van der Waals surface area contributed by atoms with Gasteiger partial charge in [0.15, 0.2) is 0 Å². The number of amides is 1.